The fraction of sp³-hybridized carbons (Fsp3) is 0.167. The molecule has 0 aliphatic carbocycles. The average molecular weight is 293 g/mol. The van der Waals surface area contributed by atoms with Gasteiger partial charge < -0.3 is 10.5 Å². The summed E-state index contributed by atoms with van der Waals surface area (Å²) in [5.74, 6) is -0.631. The maximum atomic E-state index is 11.5. The summed E-state index contributed by atoms with van der Waals surface area (Å²) < 4.78 is 4.58. The summed E-state index contributed by atoms with van der Waals surface area (Å²) >= 11 is 1.09. The second-order valence-corrected chi connectivity index (χ2v) is 5.01. The molecule has 0 amide bonds. The second-order valence-electron chi connectivity index (χ2n) is 3.98. The number of carbonyl (C=O) groups is 1. The molecule has 0 unspecified atom stereocenters. The number of thiazole rings is 1. The Morgan fingerprint density at radius 1 is 1.50 bits per heavy atom. The quantitative estimate of drug-likeness (QED) is 0.528. The Balaban J connectivity index is 2.54. The first-order valence-corrected chi connectivity index (χ1v) is 6.35. The van der Waals surface area contributed by atoms with Crippen LogP contribution in [0.5, 0.6) is 0 Å². The number of rotatable bonds is 3. The van der Waals surface area contributed by atoms with Crippen molar-refractivity contribution in [2.75, 3.05) is 12.8 Å². The van der Waals surface area contributed by atoms with Crippen molar-refractivity contribution in [1.29, 1.82) is 0 Å². The van der Waals surface area contributed by atoms with E-state index in [1.54, 1.807) is 13.0 Å². The number of hydrogen-bond donors (Lipinski definition) is 1. The first kappa shape index (κ1) is 13.9. The van der Waals surface area contributed by atoms with Gasteiger partial charge in [-0.15, -0.1) is 0 Å². The van der Waals surface area contributed by atoms with Crippen molar-refractivity contribution in [3.05, 3.63) is 39.6 Å². The van der Waals surface area contributed by atoms with Crippen molar-refractivity contribution in [2.24, 2.45) is 0 Å². The number of esters is 1. The molecule has 1 aromatic carbocycles. The molecule has 0 spiro atoms. The van der Waals surface area contributed by atoms with Gasteiger partial charge >= 0.3 is 5.97 Å². The molecule has 0 saturated heterocycles. The van der Waals surface area contributed by atoms with Crippen LogP contribution in [0.25, 0.3) is 10.6 Å². The van der Waals surface area contributed by atoms with E-state index < -0.39 is 10.9 Å². The van der Waals surface area contributed by atoms with Crippen LogP contribution >= 0.6 is 11.3 Å². The highest BCUT2D eigenvalue weighted by atomic mass is 32.1. The van der Waals surface area contributed by atoms with Gasteiger partial charge in [-0.3, -0.25) is 10.1 Å². The molecule has 0 fully saturated rings. The molecule has 0 aliphatic rings. The highest BCUT2D eigenvalue weighted by Gasteiger charge is 2.19. The summed E-state index contributed by atoms with van der Waals surface area (Å²) in [4.78, 5) is 25.9. The molecule has 104 valence electrons. The monoisotopic (exact) mass is 293 g/mol. The highest BCUT2D eigenvalue weighted by molar-refractivity contribution is 7.19. The predicted octanol–water partition coefficient (Wildman–Crippen LogP) is 2.40. The summed E-state index contributed by atoms with van der Waals surface area (Å²) in [6.45, 7) is 1.80. The number of nitrogen functional groups attached to an aromatic ring is 1. The lowest BCUT2D eigenvalue weighted by atomic mass is 10.1. The number of methoxy groups -OCH3 is 1. The van der Waals surface area contributed by atoms with Gasteiger partial charge in [-0.2, -0.15) is 0 Å². The van der Waals surface area contributed by atoms with Gasteiger partial charge in [0.25, 0.3) is 5.69 Å². The summed E-state index contributed by atoms with van der Waals surface area (Å²) in [6, 6.07) is 4.45. The van der Waals surface area contributed by atoms with Crippen LogP contribution in [0, 0.1) is 17.0 Å². The number of hydrogen-bond acceptors (Lipinski definition) is 7. The van der Waals surface area contributed by atoms with Gasteiger partial charge in [-0.1, -0.05) is 17.4 Å². The summed E-state index contributed by atoms with van der Waals surface area (Å²) in [5, 5.41) is 11.5. The molecule has 1 heterocycles. The molecule has 20 heavy (non-hydrogen) atoms. The first-order valence-electron chi connectivity index (χ1n) is 5.54. The van der Waals surface area contributed by atoms with Crippen molar-refractivity contribution >= 4 is 28.0 Å². The van der Waals surface area contributed by atoms with Crippen molar-refractivity contribution in [2.45, 2.75) is 6.92 Å². The number of anilines is 1. The van der Waals surface area contributed by atoms with Crippen molar-refractivity contribution in [3.8, 4) is 10.6 Å². The lowest BCUT2D eigenvalue weighted by Crippen LogP contribution is -2.04. The smallest absolute Gasteiger partial charge is 0.359 e. The Morgan fingerprint density at radius 3 is 2.80 bits per heavy atom. The number of ether oxygens (including phenoxy) is 1. The van der Waals surface area contributed by atoms with Crippen LogP contribution in [0.2, 0.25) is 0 Å². The molecule has 0 saturated carbocycles. The number of nitrogens with zero attached hydrogens (tertiary/aromatic N) is 2. The van der Waals surface area contributed by atoms with E-state index in [4.69, 9.17) is 5.73 Å². The Labute approximate surface area is 118 Å². The summed E-state index contributed by atoms with van der Waals surface area (Å²) in [5.41, 5.74) is 7.09. The highest BCUT2D eigenvalue weighted by Crippen LogP contribution is 2.34. The number of non-ortho nitro benzene ring substituents is 1. The Kier molecular flexibility index (Phi) is 3.66. The SMILES string of the molecule is COC(=O)c1nc(-c2cc([N+](=O)[O-])ccc2C)sc1N. The molecule has 0 atom stereocenters. The van der Waals surface area contributed by atoms with Crippen LogP contribution in [-0.2, 0) is 4.74 Å². The molecule has 2 rings (SSSR count). The van der Waals surface area contributed by atoms with Gasteiger partial charge in [0.1, 0.15) is 10.0 Å². The summed E-state index contributed by atoms with van der Waals surface area (Å²) in [6.07, 6.45) is 0. The topological polar surface area (TPSA) is 108 Å². The lowest BCUT2D eigenvalue weighted by Gasteiger charge is -2.01. The van der Waals surface area contributed by atoms with E-state index in [9.17, 15) is 14.9 Å². The first-order chi connectivity index (χ1) is 9.43. The zero-order valence-electron chi connectivity index (χ0n) is 10.7. The van der Waals surface area contributed by atoms with Crippen LogP contribution in [0.15, 0.2) is 18.2 Å². The van der Waals surface area contributed by atoms with Gasteiger partial charge in [0.2, 0.25) is 0 Å². The molecule has 2 N–H and O–H groups in total. The maximum absolute atomic E-state index is 11.5. The van der Waals surface area contributed by atoms with Crippen LogP contribution in [-0.4, -0.2) is 23.0 Å². The lowest BCUT2D eigenvalue weighted by molar-refractivity contribution is -0.384. The van der Waals surface area contributed by atoms with Crippen molar-refractivity contribution in [1.82, 2.24) is 4.98 Å². The van der Waals surface area contributed by atoms with Gasteiger partial charge in [-0.25, -0.2) is 9.78 Å². The zero-order valence-corrected chi connectivity index (χ0v) is 11.6. The minimum atomic E-state index is -0.631. The van der Waals surface area contributed by atoms with Crippen LogP contribution < -0.4 is 5.73 Å². The molecule has 8 heteroatoms. The predicted molar refractivity (Wildman–Crippen MR) is 74.7 cm³/mol. The number of carbonyl (C=O) groups excluding carboxylic acids is 1. The summed E-state index contributed by atoms with van der Waals surface area (Å²) in [7, 11) is 1.24. The number of aryl methyl sites for hydroxylation is 1. The number of nitro groups is 1. The standard InChI is InChI=1S/C12H11N3O4S/c1-6-3-4-7(15(17)18)5-8(6)11-14-9(10(13)20-11)12(16)19-2/h3-5H,13H2,1-2H3. The fourth-order valence-electron chi connectivity index (χ4n) is 1.64. The molecular weight excluding hydrogens is 282 g/mol. The number of aromatic nitrogens is 1. The van der Waals surface area contributed by atoms with Crippen LogP contribution in [0.1, 0.15) is 16.1 Å². The van der Waals surface area contributed by atoms with E-state index >= 15 is 0 Å². The zero-order chi connectivity index (χ0) is 14.9. The van der Waals surface area contributed by atoms with E-state index in [-0.39, 0.29) is 16.4 Å². The van der Waals surface area contributed by atoms with E-state index in [2.05, 4.69) is 9.72 Å². The Hall–Kier alpha value is -2.48. The third-order valence-electron chi connectivity index (χ3n) is 2.69. The van der Waals surface area contributed by atoms with E-state index in [0.29, 0.717) is 10.6 Å². The maximum Gasteiger partial charge on any atom is 0.359 e. The van der Waals surface area contributed by atoms with Crippen LogP contribution in [0.4, 0.5) is 10.7 Å². The molecule has 1 aromatic heterocycles. The number of nitro benzene ring substituents is 1. The number of benzene rings is 1. The Bertz CT molecular complexity index is 696. The van der Waals surface area contributed by atoms with E-state index in [1.807, 2.05) is 0 Å². The molecular formula is C12H11N3O4S. The van der Waals surface area contributed by atoms with Crippen molar-refractivity contribution < 1.29 is 14.5 Å². The molecule has 0 aliphatic heterocycles. The molecule has 2 aromatic rings. The van der Waals surface area contributed by atoms with Gasteiger partial charge in [-0.05, 0) is 12.5 Å². The third kappa shape index (κ3) is 2.45. The molecule has 0 bridgehead atoms. The minimum Gasteiger partial charge on any atom is -0.464 e. The molecule has 7 nitrogen and oxygen atoms in total. The van der Waals surface area contributed by atoms with E-state index in [0.717, 1.165) is 16.9 Å². The second kappa shape index (κ2) is 5.25. The van der Waals surface area contributed by atoms with E-state index in [1.165, 1.54) is 19.2 Å². The largest absolute Gasteiger partial charge is 0.464 e. The van der Waals surface area contributed by atoms with Gasteiger partial charge in [0, 0.05) is 17.7 Å². The Morgan fingerprint density at radius 2 is 2.20 bits per heavy atom. The molecule has 0 radical (unpaired) electrons. The minimum absolute atomic E-state index is 0.0263. The average Bonchev–Trinajstić information content (AvgIpc) is 2.80. The van der Waals surface area contributed by atoms with Crippen LogP contribution in [0.3, 0.4) is 0 Å². The van der Waals surface area contributed by atoms with Gasteiger partial charge in [0.15, 0.2) is 5.69 Å². The van der Waals surface area contributed by atoms with Gasteiger partial charge in [0.05, 0.1) is 12.0 Å². The normalized spacial score (nSPS) is 10.3. The third-order valence-corrected chi connectivity index (χ3v) is 3.61. The number of nitrogens with two attached hydrogens (primary N) is 1. The fourth-order valence-corrected chi connectivity index (χ4v) is 2.54. The van der Waals surface area contributed by atoms with Crippen molar-refractivity contribution in [3.63, 3.8) is 0 Å².